The Hall–Kier alpha value is -2.85. The maximum Gasteiger partial charge on any atom is 0.330 e. The molecule has 2 heterocycles. The van der Waals surface area contributed by atoms with Gasteiger partial charge in [0, 0.05) is 6.20 Å². The van der Waals surface area contributed by atoms with E-state index in [0.29, 0.717) is 11.6 Å². The summed E-state index contributed by atoms with van der Waals surface area (Å²) in [5, 5.41) is 13.9. The predicted molar refractivity (Wildman–Crippen MR) is 155 cm³/mol. The van der Waals surface area contributed by atoms with Crippen molar-refractivity contribution in [1.82, 2.24) is 14.6 Å². The first-order chi connectivity index (χ1) is 20.5. The third-order valence-corrected chi connectivity index (χ3v) is 9.25. The van der Waals surface area contributed by atoms with Crippen LogP contribution in [0.25, 0.3) is 10.8 Å². The quantitative estimate of drug-likeness (QED) is 0.154. The van der Waals surface area contributed by atoms with Gasteiger partial charge >= 0.3 is 24.2 Å². The average molecular weight is 684 g/mol. The van der Waals surface area contributed by atoms with E-state index in [-0.39, 0.29) is 10.3 Å². The van der Waals surface area contributed by atoms with Crippen LogP contribution in [0.4, 0.5) is 17.6 Å². The number of H-pyrrole nitrogens is 1. The number of aliphatic hydroxyl groups is 1. The van der Waals surface area contributed by atoms with Crippen LogP contribution in [-0.4, -0.2) is 63.4 Å². The Bertz CT molecular complexity index is 1710. The van der Waals surface area contributed by atoms with E-state index in [1.807, 2.05) is 6.07 Å². The SMILES string of the molecule is CC(C)OC(=O)C(C)NP(=S)(OCC1(C(F)F)OC(n2cc(Cl)c(=O)[nH]c2=O)C(F)(F)C1O)Oc1ccc2ccccc2c1. The molecule has 0 bridgehead atoms. The lowest BCUT2D eigenvalue weighted by Gasteiger charge is -2.34. The summed E-state index contributed by atoms with van der Waals surface area (Å²) < 4.78 is 81.5. The van der Waals surface area contributed by atoms with Crippen LogP contribution >= 0.6 is 18.2 Å². The Balaban J connectivity index is 1.70. The van der Waals surface area contributed by atoms with Crippen molar-refractivity contribution >= 4 is 46.8 Å². The molecule has 0 aliphatic carbocycles. The van der Waals surface area contributed by atoms with Crippen molar-refractivity contribution in [3.8, 4) is 5.75 Å². The molecule has 44 heavy (non-hydrogen) atoms. The number of aromatic nitrogens is 2. The number of hydrogen-bond acceptors (Lipinski definition) is 9. The van der Waals surface area contributed by atoms with E-state index < -0.39 is 77.9 Å². The Kier molecular flexibility index (Phi) is 9.95. The Morgan fingerprint density at radius 2 is 1.86 bits per heavy atom. The fraction of sp³-hybridized carbons (Fsp3) is 0.423. The minimum Gasteiger partial charge on any atom is -0.462 e. The minimum atomic E-state index is -4.53. The minimum absolute atomic E-state index is 0.0704. The number of aromatic amines is 1. The number of ether oxygens (including phenoxy) is 2. The Morgan fingerprint density at radius 1 is 1.20 bits per heavy atom. The van der Waals surface area contributed by atoms with Crippen LogP contribution < -0.4 is 20.9 Å². The lowest BCUT2D eigenvalue weighted by Crippen LogP contribution is -2.54. The zero-order valence-corrected chi connectivity index (χ0v) is 25.7. The monoisotopic (exact) mass is 683 g/mol. The molecule has 5 atom stereocenters. The summed E-state index contributed by atoms with van der Waals surface area (Å²) in [7, 11) is 0. The Labute approximate surface area is 257 Å². The summed E-state index contributed by atoms with van der Waals surface area (Å²) in [4.78, 5) is 38.1. The van der Waals surface area contributed by atoms with E-state index in [2.05, 4.69) is 5.09 Å². The van der Waals surface area contributed by atoms with Gasteiger partial charge in [-0.15, -0.1) is 0 Å². The number of benzene rings is 2. The van der Waals surface area contributed by atoms with Crippen LogP contribution in [-0.2, 0) is 30.6 Å². The van der Waals surface area contributed by atoms with E-state index in [1.54, 1.807) is 49.2 Å². The molecule has 0 radical (unpaired) electrons. The highest BCUT2D eigenvalue weighted by Crippen LogP contribution is 2.53. The molecular formula is C26H27ClF4N3O8PS. The number of halogens is 5. The van der Waals surface area contributed by atoms with Crippen LogP contribution in [0, 0.1) is 0 Å². The van der Waals surface area contributed by atoms with Gasteiger partial charge in [-0.25, -0.2) is 18.7 Å². The van der Waals surface area contributed by atoms with Gasteiger partial charge in [0.2, 0.25) is 6.23 Å². The van der Waals surface area contributed by atoms with Crippen LogP contribution in [0.1, 0.15) is 27.0 Å². The molecule has 0 amide bonds. The maximum absolute atomic E-state index is 15.3. The van der Waals surface area contributed by atoms with Crippen molar-refractivity contribution in [2.24, 2.45) is 0 Å². The second-order valence-electron chi connectivity index (χ2n) is 10.2. The molecule has 0 saturated carbocycles. The van der Waals surface area contributed by atoms with Crippen LogP contribution in [0.3, 0.4) is 0 Å². The molecule has 0 spiro atoms. The summed E-state index contributed by atoms with van der Waals surface area (Å²) in [5.74, 6) is -5.25. The average Bonchev–Trinajstić information content (AvgIpc) is 3.15. The van der Waals surface area contributed by atoms with Gasteiger partial charge in [-0.2, -0.15) is 8.78 Å². The number of fused-ring (bicyclic) bond motifs is 1. The van der Waals surface area contributed by atoms with Crippen LogP contribution in [0.15, 0.2) is 58.3 Å². The number of nitrogens with zero attached hydrogens (tertiary/aromatic N) is 1. The van der Waals surface area contributed by atoms with E-state index in [9.17, 15) is 28.3 Å². The van der Waals surface area contributed by atoms with Crippen molar-refractivity contribution < 1.29 is 46.0 Å². The number of carbonyl (C=O) groups excluding carboxylic acids is 1. The highest BCUT2D eigenvalue weighted by atomic mass is 35.5. The van der Waals surface area contributed by atoms with Gasteiger partial charge in [-0.3, -0.25) is 19.1 Å². The van der Waals surface area contributed by atoms with E-state index >= 15 is 8.78 Å². The maximum atomic E-state index is 15.3. The molecule has 2 aromatic carbocycles. The third-order valence-electron chi connectivity index (χ3n) is 6.50. The van der Waals surface area contributed by atoms with Crippen molar-refractivity contribution in [2.45, 2.75) is 63.2 Å². The van der Waals surface area contributed by atoms with Crippen molar-refractivity contribution in [1.29, 1.82) is 0 Å². The molecule has 3 N–H and O–H groups in total. The summed E-state index contributed by atoms with van der Waals surface area (Å²) in [6.07, 6.45) is -10.0. The predicted octanol–water partition coefficient (Wildman–Crippen LogP) is 4.12. The molecule has 240 valence electrons. The number of carbonyl (C=O) groups is 1. The van der Waals surface area contributed by atoms with E-state index in [4.69, 9.17) is 41.9 Å². The number of aliphatic hydroxyl groups excluding tert-OH is 1. The zero-order valence-electron chi connectivity index (χ0n) is 23.2. The van der Waals surface area contributed by atoms with Crippen molar-refractivity contribution in [3.05, 3.63) is 74.5 Å². The second-order valence-corrected chi connectivity index (χ2v) is 13.7. The van der Waals surface area contributed by atoms with Gasteiger partial charge in [0.1, 0.15) is 16.8 Å². The lowest BCUT2D eigenvalue weighted by molar-refractivity contribution is -0.192. The lowest BCUT2D eigenvalue weighted by atomic mass is 9.96. The molecule has 1 aliphatic rings. The number of rotatable bonds is 11. The number of esters is 1. The molecular weight excluding hydrogens is 657 g/mol. The first-order valence-electron chi connectivity index (χ1n) is 12.9. The molecule has 5 unspecified atom stereocenters. The zero-order chi connectivity index (χ0) is 32.6. The van der Waals surface area contributed by atoms with Crippen LogP contribution in [0.2, 0.25) is 5.02 Å². The van der Waals surface area contributed by atoms with Gasteiger partial charge in [-0.05, 0) is 55.5 Å². The molecule has 1 fully saturated rings. The molecule has 1 aliphatic heterocycles. The van der Waals surface area contributed by atoms with Crippen molar-refractivity contribution in [3.63, 3.8) is 0 Å². The fourth-order valence-electron chi connectivity index (χ4n) is 4.30. The molecule has 18 heteroatoms. The van der Waals surface area contributed by atoms with Gasteiger partial charge in [0.05, 0.1) is 12.7 Å². The first-order valence-corrected chi connectivity index (χ1v) is 15.9. The van der Waals surface area contributed by atoms with E-state index in [1.165, 1.54) is 13.0 Å². The summed E-state index contributed by atoms with van der Waals surface area (Å²) in [6, 6.07) is 10.6. The molecule has 11 nitrogen and oxygen atoms in total. The number of hydrogen-bond donors (Lipinski definition) is 3. The highest BCUT2D eigenvalue weighted by molar-refractivity contribution is 8.09. The van der Waals surface area contributed by atoms with Crippen molar-refractivity contribution in [2.75, 3.05) is 6.61 Å². The Morgan fingerprint density at radius 3 is 2.50 bits per heavy atom. The first kappa shape index (κ1) is 34.0. The van der Waals surface area contributed by atoms with Gasteiger partial charge in [0.15, 0.2) is 11.7 Å². The fourth-order valence-corrected chi connectivity index (χ4v) is 6.86. The number of alkyl halides is 4. The molecule has 1 saturated heterocycles. The summed E-state index contributed by atoms with van der Waals surface area (Å²) >= 11 is 11.2. The second kappa shape index (κ2) is 12.9. The smallest absolute Gasteiger partial charge is 0.330 e. The van der Waals surface area contributed by atoms with Gasteiger partial charge < -0.3 is 23.6 Å². The third kappa shape index (κ3) is 6.86. The molecule has 3 aromatic rings. The largest absolute Gasteiger partial charge is 0.462 e. The summed E-state index contributed by atoms with van der Waals surface area (Å²) in [6.45, 7) is -1.10. The highest BCUT2D eigenvalue weighted by Gasteiger charge is 2.71. The summed E-state index contributed by atoms with van der Waals surface area (Å²) in [5.41, 5.74) is -6.07. The molecule has 4 rings (SSSR count). The van der Waals surface area contributed by atoms with Crippen LogP contribution in [0.5, 0.6) is 5.75 Å². The molecule has 1 aromatic heterocycles. The van der Waals surface area contributed by atoms with Gasteiger partial charge in [-0.1, -0.05) is 41.9 Å². The standard InChI is InChI=1S/C26H27ClF4N3O8PS/c1-13(2)40-20(36)14(3)33-43(44,42-17-9-8-15-6-4-5-7-16(15)10-17)39-12-25(22(28)29)21(37)26(30,31)23(41-25)34-11-18(27)19(35)32-24(34)38/h4-11,13-14,21-23,37H,12H2,1-3H3,(H,33,44)(H,32,35,38). The van der Waals surface area contributed by atoms with Gasteiger partial charge in [0.25, 0.3) is 12.0 Å². The number of nitrogens with one attached hydrogen (secondary N) is 2. The van der Waals surface area contributed by atoms with E-state index in [0.717, 1.165) is 5.39 Å². The normalized spacial score (nSPS) is 23.5. The topological polar surface area (TPSA) is 141 Å².